The van der Waals surface area contributed by atoms with E-state index in [0.29, 0.717) is 28.2 Å². The third kappa shape index (κ3) is 4.60. The molecule has 1 amide bonds. The predicted octanol–water partition coefficient (Wildman–Crippen LogP) is 1.56. The van der Waals surface area contributed by atoms with Gasteiger partial charge in [0.15, 0.2) is 5.82 Å². The number of nitrogen functional groups attached to an aromatic ring is 1. The summed E-state index contributed by atoms with van der Waals surface area (Å²) in [7, 11) is 1.59. The summed E-state index contributed by atoms with van der Waals surface area (Å²) in [6, 6.07) is 7.17. The predicted molar refractivity (Wildman–Crippen MR) is 90.8 cm³/mol. The Morgan fingerprint density at radius 2 is 2.22 bits per heavy atom. The van der Waals surface area contributed by atoms with E-state index in [4.69, 9.17) is 22.2 Å². The Labute approximate surface area is 143 Å². The molecule has 1 aromatic carbocycles. The van der Waals surface area contributed by atoms with Gasteiger partial charge in [-0.15, -0.1) is 10.2 Å². The van der Waals surface area contributed by atoms with Crippen LogP contribution in [0.2, 0.25) is 5.02 Å². The molecule has 2 aromatic rings. The molecule has 0 aliphatic carbocycles. The number of rotatable bonds is 7. The third-order valence-electron chi connectivity index (χ3n) is 2.94. The van der Waals surface area contributed by atoms with Crippen LogP contribution in [0.5, 0.6) is 0 Å². The smallest absolute Gasteiger partial charge is 0.230 e. The molecule has 7 nitrogen and oxygen atoms in total. The van der Waals surface area contributed by atoms with Crippen LogP contribution < -0.4 is 11.2 Å². The van der Waals surface area contributed by atoms with E-state index in [-0.39, 0.29) is 17.7 Å². The summed E-state index contributed by atoms with van der Waals surface area (Å²) in [5.74, 6) is 6.51. The number of carbonyl (C=O) groups is 1. The molecule has 0 fully saturated rings. The summed E-state index contributed by atoms with van der Waals surface area (Å²) in [4.78, 5) is 11.8. The SMILES string of the molecule is COCC(C)NC(=O)CSc1nnc(-c2ccccc2Cl)n1N. The van der Waals surface area contributed by atoms with E-state index in [1.807, 2.05) is 25.1 Å². The number of nitrogens with zero attached hydrogens (tertiary/aromatic N) is 3. The largest absolute Gasteiger partial charge is 0.383 e. The van der Waals surface area contributed by atoms with Gasteiger partial charge in [-0.2, -0.15) is 0 Å². The lowest BCUT2D eigenvalue weighted by Crippen LogP contribution is -2.36. The number of thioether (sulfide) groups is 1. The van der Waals surface area contributed by atoms with Gasteiger partial charge >= 0.3 is 0 Å². The summed E-state index contributed by atoms with van der Waals surface area (Å²) in [6.45, 7) is 2.33. The molecule has 124 valence electrons. The van der Waals surface area contributed by atoms with Crippen molar-refractivity contribution in [2.75, 3.05) is 25.3 Å². The third-order valence-corrected chi connectivity index (χ3v) is 4.21. The number of carbonyl (C=O) groups excluding carboxylic acids is 1. The minimum absolute atomic E-state index is 0.0532. The Kier molecular flexibility index (Phi) is 6.26. The fraction of sp³-hybridized carbons (Fsp3) is 0.357. The molecule has 0 spiro atoms. The van der Waals surface area contributed by atoms with Gasteiger partial charge in [0.1, 0.15) is 0 Å². The van der Waals surface area contributed by atoms with E-state index >= 15 is 0 Å². The summed E-state index contributed by atoms with van der Waals surface area (Å²) in [5.41, 5.74) is 0.689. The molecule has 9 heteroatoms. The maximum absolute atomic E-state index is 11.8. The number of halogens is 1. The molecule has 1 heterocycles. The number of amides is 1. The van der Waals surface area contributed by atoms with E-state index in [1.165, 1.54) is 16.4 Å². The van der Waals surface area contributed by atoms with Crippen LogP contribution in [0, 0.1) is 0 Å². The highest BCUT2D eigenvalue weighted by Gasteiger charge is 2.16. The van der Waals surface area contributed by atoms with Crippen LogP contribution in [0.1, 0.15) is 6.92 Å². The van der Waals surface area contributed by atoms with Crippen LogP contribution in [-0.4, -0.2) is 46.3 Å². The van der Waals surface area contributed by atoms with Crippen molar-refractivity contribution >= 4 is 29.3 Å². The zero-order valence-electron chi connectivity index (χ0n) is 12.8. The highest BCUT2D eigenvalue weighted by Crippen LogP contribution is 2.27. The van der Waals surface area contributed by atoms with E-state index in [1.54, 1.807) is 13.2 Å². The Bertz CT molecular complexity index is 679. The first kappa shape index (κ1) is 17.6. The van der Waals surface area contributed by atoms with Crippen LogP contribution in [0.25, 0.3) is 11.4 Å². The molecule has 0 bridgehead atoms. The number of hydrogen-bond donors (Lipinski definition) is 2. The average Bonchev–Trinajstić information content (AvgIpc) is 2.87. The van der Waals surface area contributed by atoms with Gasteiger partial charge in [0.25, 0.3) is 0 Å². The zero-order valence-corrected chi connectivity index (χ0v) is 14.4. The molecule has 23 heavy (non-hydrogen) atoms. The molecule has 0 radical (unpaired) electrons. The lowest BCUT2D eigenvalue weighted by atomic mass is 10.2. The van der Waals surface area contributed by atoms with Crippen molar-refractivity contribution in [1.82, 2.24) is 20.2 Å². The van der Waals surface area contributed by atoms with Crippen molar-refractivity contribution in [3.63, 3.8) is 0 Å². The highest BCUT2D eigenvalue weighted by molar-refractivity contribution is 7.99. The molecular weight excluding hydrogens is 338 g/mol. The standard InChI is InChI=1S/C14H18ClN5O2S/c1-9(7-22-2)17-12(21)8-23-14-19-18-13(20(14)16)10-5-3-4-6-11(10)15/h3-6,9H,7-8,16H2,1-2H3,(H,17,21). The highest BCUT2D eigenvalue weighted by atomic mass is 35.5. The van der Waals surface area contributed by atoms with E-state index in [0.717, 1.165) is 0 Å². The number of methoxy groups -OCH3 is 1. The maximum Gasteiger partial charge on any atom is 0.230 e. The Morgan fingerprint density at radius 3 is 2.91 bits per heavy atom. The van der Waals surface area contributed by atoms with Gasteiger partial charge in [0, 0.05) is 18.7 Å². The molecule has 0 aliphatic heterocycles. The minimum atomic E-state index is -0.123. The van der Waals surface area contributed by atoms with E-state index in [2.05, 4.69) is 15.5 Å². The number of nitrogens with one attached hydrogen (secondary N) is 1. The number of aromatic nitrogens is 3. The van der Waals surface area contributed by atoms with Gasteiger partial charge in [-0.1, -0.05) is 35.5 Å². The van der Waals surface area contributed by atoms with Crippen LogP contribution in [0.4, 0.5) is 0 Å². The minimum Gasteiger partial charge on any atom is -0.383 e. The lowest BCUT2D eigenvalue weighted by Gasteiger charge is -2.12. The van der Waals surface area contributed by atoms with Gasteiger partial charge < -0.3 is 15.9 Å². The molecule has 1 aromatic heterocycles. The second-order valence-electron chi connectivity index (χ2n) is 4.87. The van der Waals surface area contributed by atoms with Crippen molar-refractivity contribution in [2.45, 2.75) is 18.1 Å². The van der Waals surface area contributed by atoms with Crippen molar-refractivity contribution in [3.8, 4) is 11.4 Å². The van der Waals surface area contributed by atoms with Crippen LogP contribution in [0.15, 0.2) is 29.4 Å². The summed E-state index contributed by atoms with van der Waals surface area (Å²) >= 11 is 7.34. The summed E-state index contributed by atoms with van der Waals surface area (Å²) in [5, 5.41) is 11.8. The first-order valence-corrected chi connectivity index (χ1v) is 8.25. The molecule has 0 aliphatic rings. The zero-order chi connectivity index (χ0) is 16.8. The van der Waals surface area contributed by atoms with Crippen molar-refractivity contribution < 1.29 is 9.53 Å². The quantitative estimate of drug-likeness (QED) is 0.578. The van der Waals surface area contributed by atoms with E-state index in [9.17, 15) is 4.79 Å². The topological polar surface area (TPSA) is 95.1 Å². The van der Waals surface area contributed by atoms with Crippen molar-refractivity contribution in [2.24, 2.45) is 0 Å². The molecule has 2 rings (SSSR count). The Hall–Kier alpha value is -1.77. The Morgan fingerprint density at radius 1 is 1.48 bits per heavy atom. The van der Waals surface area contributed by atoms with Gasteiger partial charge in [-0.25, -0.2) is 4.68 Å². The van der Waals surface area contributed by atoms with Crippen LogP contribution in [-0.2, 0) is 9.53 Å². The Balaban J connectivity index is 2.00. The summed E-state index contributed by atoms with van der Waals surface area (Å²) < 4.78 is 6.30. The molecule has 0 saturated carbocycles. The van der Waals surface area contributed by atoms with Crippen LogP contribution in [0.3, 0.4) is 0 Å². The number of nitrogens with two attached hydrogens (primary N) is 1. The molecule has 1 atom stereocenters. The van der Waals surface area contributed by atoms with Crippen molar-refractivity contribution in [3.05, 3.63) is 29.3 Å². The van der Waals surface area contributed by atoms with Gasteiger partial charge in [0.2, 0.25) is 11.1 Å². The number of hydrogen-bond acceptors (Lipinski definition) is 6. The van der Waals surface area contributed by atoms with Gasteiger partial charge in [0.05, 0.1) is 17.4 Å². The van der Waals surface area contributed by atoms with Gasteiger partial charge in [-0.05, 0) is 19.1 Å². The molecule has 1 unspecified atom stereocenters. The normalized spacial score (nSPS) is 12.1. The monoisotopic (exact) mass is 355 g/mol. The maximum atomic E-state index is 11.8. The fourth-order valence-electron chi connectivity index (χ4n) is 1.94. The first-order valence-electron chi connectivity index (χ1n) is 6.89. The van der Waals surface area contributed by atoms with Gasteiger partial charge in [-0.3, -0.25) is 4.79 Å². The summed E-state index contributed by atoms with van der Waals surface area (Å²) in [6.07, 6.45) is 0. The molecule has 0 saturated heterocycles. The average molecular weight is 356 g/mol. The first-order chi connectivity index (χ1) is 11.0. The molecular formula is C14H18ClN5O2S. The molecule has 3 N–H and O–H groups in total. The fourth-order valence-corrected chi connectivity index (χ4v) is 2.83. The number of benzene rings is 1. The van der Waals surface area contributed by atoms with Crippen LogP contribution >= 0.6 is 23.4 Å². The number of ether oxygens (including phenoxy) is 1. The van der Waals surface area contributed by atoms with E-state index < -0.39 is 0 Å². The second kappa shape index (κ2) is 8.19. The van der Waals surface area contributed by atoms with Crippen molar-refractivity contribution in [1.29, 1.82) is 0 Å². The lowest BCUT2D eigenvalue weighted by molar-refractivity contribution is -0.119. The second-order valence-corrected chi connectivity index (χ2v) is 6.22.